The predicted molar refractivity (Wildman–Crippen MR) is 94.1 cm³/mol. The second-order valence-electron chi connectivity index (χ2n) is 4.84. The van der Waals surface area contributed by atoms with Crippen LogP contribution in [0.15, 0.2) is 11.3 Å². The number of amides is 1. The first kappa shape index (κ1) is 19.2. The molecule has 2 aromatic heterocycles. The molecule has 0 radical (unpaired) electrons. The van der Waals surface area contributed by atoms with E-state index in [1.54, 1.807) is 6.92 Å². The van der Waals surface area contributed by atoms with Crippen molar-refractivity contribution in [2.45, 2.75) is 13.5 Å². The Balaban J connectivity index is 2.27. The van der Waals surface area contributed by atoms with Crippen molar-refractivity contribution in [2.75, 3.05) is 5.73 Å². The van der Waals surface area contributed by atoms with E-state index < -0.39 is 5.91 Å². The molecule has 6 N–H and O–H groups in total. The Labute approximate surface area is 157 Å². The number of nitrogen functional groups attached to an aromatic ring is 1. The maximum Gasteiger partial charge on any atom is 0.337 e. The maximum absolute atomic E-state index is 12.2. The van der Waals surface area contributed by atoms with E-state index in [-0.39, 0.29) is 44.5 Å². The van der Waals surface area contributed by atoms with Gasteiger partial charge in [-0.25, -0.2) is 5.43 Å². The lowest BCUT2D eigenvalue weighted by Crippen LogP contribution is -2.28. The molecule has 8 nitrogen and oxygen atoms in total. The molecule has 0 spiro atoms. The van der Waals surface area contributed by atoms with Gasteiger partial charge in [-0.3, -0.25) is 9.78 Å². The molecule has 11 heteroatoms. The number of rotatable bonds is 4. The van der Waals surface area contributed by atoms with Gasteiger partial charge in [0, 0.05) is 17.3 Å². The molecule has 0 atom stereocenters. The highest BCUT2D eigenvalue weighted by atomic mass is 35.5. The SMILES string of the molecule is Cc1ncc(CO)c(/C=N/NC(=O)c2[nH+]c(Cl)c(Cl)c(N)c2Cl)c1O. The third-order valence-corrected chi connectivity index (χ3v) is 4.40. The van der Waals surface area contributed by atoms with E-state index in [0.717, 1.165) is 0 Å². The molecule has 132 valence electrons. The Kier molecular flexibility index (Phi) is 6.02. The van der Waals surface area contributed by atoms with Crippen LogP contribution in [-0.2, 0) is 6.61 Å². The van der Waals surface area contributed by atoms with Gasteiger partial charge in [0.05, 0.1) is 24.2 Å². The summed E-state index contributed by atoms with van der Waals surface area (Å²) in [4.78, 5) is 18.6. The van der Waals surface area contributed by atoms with Crippen LogP contribution in [0.25, 0.3) is 0 Å². The average molecular weight is 406 g/mol. The Bertz CT molecular complexity index is 874. The fourth-order valence-electron chi connectivity index (χ4n) is 1.86. The lowest BCUT2D eigenvalue weighted by Gasteiger charge is -2.07. The summed E-state index contributed by atoms with van der Waals surface area (Å²) < 4.78 is 0. The Morgan fingerprint density at radius 1 is 1.44 bits per heavy atom. The van der Waals surface area contributed by atoms with Crippen molar-refractivity contribution in [3.05, 3.63) is 43.9 Å². The topological polar surface area (TPSA) is 135 Å². The fourth-order valence-corrected chi connectivity index (χ4v) is 2.47. The lowest BCUT2D eigenvalue weighted by molar-refractivity contribution is -0.379. The number of nitrogens with two attached hydrogens (primary N) is 1. The van der Waals surface area contributed by atoms with Crippen LogP contribution in [0.1, 0.15) is 27.3 Å². The molecule has 0 aliphatic rings. The van der Waals surface area contributed by atoms with Gasteiger partial charge in [0.1, 0.15) is 15.8 Å². The molecule has 0 fully saturated rings. The summed E-state index contributed by atoms with van der Waals surface area (Å²) in [6, 6.07) is 0. The van der Waals surface area contributed by atoms with Crippen molar-refractivity contribution in [1.82, 2.24) is 10.4 Å². The molecule has 2 heterocycles. The highest BCUT2D eigenvalue weighted by Gasteiger charge is 2.25. The first-order chi connectivity index (χ1) is 11.8. The summed E-state index contributed by atoms with van der Waals surface area (Å²) >= 11 is 17.6. The number of aliphatic hydroxyl groups excluding tert-OH is 1. The van der Waals surface area contributed by atoms with Crippen LogP contribution in [0, 0.1) is 6.92 Å². The molecule has 0 aromatic carbocycles. The van der Waals surface area contributed by atoms with Gasteiger partial charge in [0.15, 0.2) is 0 Å². The number of H-pyrrole nitrogens is 1. The van der Waals surface area contributed by atoms with Crippen LogP contribution in [0.4, 0.5) is 5.69 Å². The number of aromatic amines is 1. The highest BCUT2D eigenvalue weighted by Crippen LogP contribution is 2.31. The van der Waals surface area contributed by atoms with Gasteiger partial charge in [-0.15, -0.1) is 0 Å². The number of hydrazone groups is 1. The van der Waals surface area contributed by atoms with Gasteiger partial charge < -0.3 is 15.9 Å². The molecule has 2 rings (SSSR count). The number of nitrogens with zero attached hydrogens (tertiary/aromatic N) is 2. The van der Waals surface area contributed by atoms with E-state index in [1.807, 2.05) is 0 Å². The minimum Gasteiger partial charge on any atom is -0.505 e. The van der Waals surface area contributed by atoms with Gasteiger partial charge in [-0.2, -0.15) is 10.1 Å². The number of hydrogen-bond donors (Lipinski definition) is 4. The highest BCUT2D eigenvalue weighted by molar-refractivity contribution is 6.45. The lowest BCUT2D eigenvalue weighted by atomic mass is 10.1. The third-order valence-electron chi connectivity index (χ3n) is 3.23. The van der Waals surface area contributed by atoms with Gasteiger partial charge in [0.25, 0.3) is 10.8 Å². The molecule has 0 bridgehead atoms. The predicted octanol–water partition coefficient (Wildman–Crippen LogP) is 1.71. The summed E-state index contributed by atoms with van der Waals surface area (Å²) in [5.74, 6) is -0.893. The largest absolute Gasteiger partial charge is 0.505 e. The molecule has 0 aliphatic carbocycles. The molecule has 0 saturated heterocycles. The normalized spacial score (nSPS) is 11.1. The molecule has 0 aliphatic heterocycles. The number of halogens is 3. The molecule has 25 heavy (non-hydrogen) atoms. The number of anilines is 1. The second kappa shape index (κ2) is 7.83. The number of aliphatic hydroxyl groups is 1. The monoisotopic (exact) mass is 404 g/mol. The van der Waals surface area contributed by atoms with Gasteiger partial charge in [-0.05, 0) is 18.5 Å². The molecule has 2 aromatic rings. The van der Waals surface area contributed by atoms with Crippen LogP contribution in [-0.4, -0.2) is 27.3 Å². The summed E-state index contributed by atoms with van der Waals surface area (Å²) in [6.45, 7) is 1.22. The van der Waals surface area contributed by atoms with Crippen LogP contribution in [0.2, 0.25) is 15.2 Å². The Morgan fingerprint density at radius 3 is 2.76 bits per heavy atom. The summed E-state index contributed by atoms with van der Waals surface area (Å²) in [7, 11) is 0. The first-order valence-corrected chi connectivity index (χ1v) is 7.88. The van der Waals surface area contributed by atoms with Gasteiger partial charge in [0.2, 0.25) is 0 Å². The third kappa shape index (κ3) is 3.93. The van der Waals surface area contributed by atoms with Gasteiger partial charge in [-0.1, -0.05) is 23.2 Å². The number of nitrogens with one attached hydrogen (secondary N) is 2. The molecule has 0 saturated carbocycles. The Hall–Kier alpha value is -2.13. The van der Waals surface area contributed by atoms with Crippen LogP contribution in [0.3, 0.4) is 0 Å². The summed E-state index contributed by atoms with van der Waals surface area (Å²) in [6.07, 6.45) is 2.56. The fraction of sp³-hybridized carbons (Fsp3) is 0.143. The molecule has 1 amide bonds. The van der Waals surface area contributed by atoms with E-state index in [4.69, 9.17) is 40.5 Å². The minimum absolute atomic E-state index is 0.00325. The zero-order valence-corrected chi connectivity index (χ0v) is 15.0. The van der Waals surface area contributed by atoms with E-state index >= 15 is 0 Å². The van der Waals surface area contributed by atoms with Crippen LogP contribution in [0.5, 0.6) is 5.75 Å². The minimum atomic E-state index is -0.734. The quantitative estimate of drug-likeness (QED) is 0.349. The smallest absolute Gasteiger partial charge is 0.337 e. The molecular weight excluding hydrogens is 393 g/mol. The van der Waals surface area contributed by atoms with E-state index in [0.29, 0.717) is 11.3 Å². The van der Waals surface area contributed by atoms with Gasteiger partial charge >= 0.3 is 5.91 Å². The first-order valence-electron chi connectivity index (χ1n) is 6.74. The van der Waals surface area contributed by atoms with E-state index in [2.05, 4.69) is 20.5 Å². The Morgan fingerprint density at radius 2 is 2.12 bits per heavy atom. The van der Waals surface area contributed by atoms with Crippen molar-refractivity contribution in [2.24, 2.45) is 5.10 Å². The number of carbonyl (C=O) groups is 1. The zero-order chi connectivity index (χ0) is 18.7. The maximum atomic E-state index is 12.2. The van der Waals surface area contributed by atoms with E-state index in [9.17, 15) is 15.0 Å². The van der Waals surface area contributed by atoms with Crippen molar-refractivity contribution in [3.63, 3.8) is 0 Å². The number of aryl methyl sites for hydroxylation is 1. The molecule has 0 unspecified atom stereocenters. The van der Waals surface area contributed by atoms with Crippen molar-refractivity contribution >= 4 is 52.6 Å². The van der Waals surface area contributed by atoms with Crippen LogP contribution < -0.4 is 16.1 Å². The van der Waals surface area contributed by atoms with Crippen molar-refractivity contribution < 1.29 is 20.0 Å². The van der Waals surface area contributed by atoms with Crippen molar-refractivity contribution in [3.8, 4) is 5.75 Å². The summed E-state index contributed by atoms with van der Waals surface area (Å²) in [5.41, 5.74) is 8.58. The number of hydrogen-bond acceptors (Lipinski definition) is 6. The number of carbonyl (C=O) groups excluding carboxylic acids is 1. The standard InChI is InChI=1S/C14H12Cl3N5O3/c1-5-12(24)7(6(4-23)2-19-5)3-20-22-14(25)11-8(15)10(18)9(16)13(17)21-11/h2-3,23-24H,4H2,1H3,(H2,18,21)(H,22,25)/p+1/b20-3+. The average Bonchev–Trinajstić information content (AvgIpc) is 2.59. The number of aromatic hydroxyl groups is 1. The number of pyridine rings is 2. The summed E-state index contributed by atoms with van der Waals surface area (Å²) in [5, 5.41) is 22.8. The molecular formula is C14H13Cl3N5O3+. The second-order valence-corrected chi connectivity index (χ2v) is 5.98. The van der Waals surface area contributed by atoms with E-state index in [1.165, 1.54) is 12.4 Å². The number of aromatic nitrogens is 2. The zero-order valence-electron chi connectivity index (χ0n) is 12.8. The van der Waals surface area contributed by atoms with Crippen LogP contribution >= 0.6 is 34.8 Å². The van der Waals surface area contributed by atoms with Crippen molar-refractivity contribution in [1.29, 1.82) is 0 Å².